The number of phosphoric ester groups is 1. The number of carbonyl (C=O) groups excluding carboxylic acids is 2. The van der Waals surface area contributed by atoms with Gasteiger partial charge in [-0.15, -0.1) is 0 Å². The summed E-state index contributed by atoms with van der Waals surface area (Å²) in [5.41, 5.74) is 0. The fraction of sp³-hybridized carbons (Fsp3) is 0.957. The number of aliphatic hydroxyl groups excluding tert-OH is 2. The van der Waals surface area contributed by atoms with E-state index in [0.29, 0.717) is 12.8 Å². The Balaban J connectivity index is 4.16. The maximum absolute atomic E-state index is 12.6. The van der Waals surface area contributed by atoms with Crippen molar-refractivity contribution in [2.45, 2.75) is 257 Å². The molecule has 0 saturated carbocycles. The average Bonchev–Trinajstić information content (AvgIpc) is 3.20. The number of carbonyl (C=O) groups is 2. The molecule has 10 nitrogen and oxygen atoms in total. The van der Waals surface area contributed by atoms with E-state index in [1.54, 1.807) is 0 Å². The molecule has 11 heteroatoms. The second-order valence-electron chi connectivity index (χ2n) is 16.5. The molecule has 3 N–H and O–H groups in total. The van der Waals surface area contributed by atoms with E-state index in [2.05, 4.69) is 13.8 Å². The van der Waals surface area contributed by atoms with E-state index in [1.807, 2.05) is 0 Å². The number of rotatable bonds is 46. The number of phosphoric acid groups is 1. The summed E-state index contributed by atoms with van der Waals surface area (Å²) in [5, 5.41) is 18.4. The molecule has 0 amide bonds. The molecular formula is C46H91O10P. The lowest BCUT2D eigenvalue weighted by atomic mass is 10.0. The molecule has 57 heavy (non-hydrogen) atoms. The van der Waals surface area contributed by atoms with Gasteiger partial charge in [0.1, 0.15) is 12.7 Å². The Morgan fingerprint density at radius 1 is 0.456 bits per heavy atom. The minimum atomic E-state index is -4.61. The highest BCUT2D eigenvalue weighted by Gasteiger charge is 2.27. The summed E-state index contributed by atoms with van der Waals surface area (Å²) in [7, 11) is -4.61. The van der Waals surface area contributed by atoms with E-state index in [4.69, 9.17) is 23.6 Å². The molecule has 0 fully saturated rings. The summed E-state index contributed by atoms with van der Waals surface area (Å²) < 4.78 is 32.8. The summed E-state index contributed by atoms with van der Waals surface area (Å²) in [6, 6.07) is 0. The summed E-state index contributed by atoms with van der Waals surface area (Å²) in [5.74, 6) is -0.905. The van der Waals surface area contributed by atoms with Crippen LogP contribution in [0.1, 0.15) is 245 Å². The molecule has 3 atom stereocenters. The molecule has 0 radical (unpaired) electrons. The molecule has 0 rings (SSSR count). The van der Waals surface area contributed by atoms with Crippen LogP contribution < -0.4 is 0 Å². The van der Waals surface area contributed by atoms with Gasteiger partial charge in [0.25, 0.3) is 0 Å². The highest BCUT2D eigenvalue weighted by molar-refractivity contribution is 7.47. The Morgan fingerprint density at radius 3 is 1.09 bits per heavy atom. The molecule has 0 bridgehead atoms. The molecule has 0 heterocycles. The molecular weight excluding hydrogens is 743 g/mol. The normalized spacial score (nSPS) is 13.7. The van der Waals surface area contributed by atoms with E-state index in [1.165, 1.54) is 173 Å². The van der Waals surface area contributed by atoms with Gasteiger partial charge in [0, 0.05) is 12.8 Å². The first kappa shape index (κ1) is 56.0. The standard InChI is InChI=1S/C46H91O10P/c1-3-5-7-9-11-13-15-17-19-20-21-22-24-25-27-29-31-33-35-37-45(49)53-41-44(42-55-57(51,52)54-40-43(48)39-47)56-46(50)38-36-34-32-30-28-26-23-18-16-14-12-10-8-6-4-2/h43-44,47-48H,3-42H2,1-2H3,(H,51,52)/t43-,44+/m0/s1. The fourth-order valence-corrected chi connectivity index (χ4v) is 7.84. The van der Waals surface area contributed by atoms with Crippen LogP contribution >= 0.6 is 7.82 Å². The van der Waals surface area contributed by atoms with Gasteiger partial charge in [-0.25, -0.2) is 4.57 Å². The largest absolute Gasteiger partial charge is 0.472 e. The predicted molar refractivity (Wildman–Crippen MR) is 233 cm³/mol. The molecule has 0 aromatic heterocycles. The smallest absolute Gasteiger partial charge is 0.462 e. The molecule has 0 aliphatic rings. The molecule has 0 saturated heterocycles. The zero-order valence-corrected chi connectivity index (χ0v) is 38.0. The summed E-state index contributed by atoms with van der Waals surface area (Å²) >= 11 is 0. The highest BCUT2D eigenvalue weighted by atomic mass is 31.2. The topological polar surface area (TPSA) is 149 Å². The number of esters is 2. The van der Waals surface area contributed by atoms with Crippen LogP contribution in [-0.2, 0) is 32.7 Å². The fourth-order valence-electron chi connectivity index (χ4n) is 7.05. The number of hydrogen-bond donors (Lipinski definition) is 3. The molecule has 0 aromatic carbocycles. The van der Waals surface area contributed by atoms with Gasteiger partial charge >= 0.3 is 19.8 Å². The summed E-state index contributed by atoms with van der Waals surface area (Å²) in [6.07, 6.45) is 40.7. The zero-order chi connectivity index (χ0) is 41.9. The van der Waals surface area contributed by atoms with Crippen molar-refractivity contribution in [2.24, 2.45) is 0 Å². The van der Waals surface area contributed by atoms with Crippen molar-refractivity contribution >= 4 is 19.8 Å². The van der Waals surface area contributed by atoms with Gasteiger partial charge in [-0.05, 0) is 12.8 Å². The zero-order valence-electron chi connectivity index (χ0n) is 37.1. The first-order valence-electron chi connectivity index (χ1n) is 24.0. The number of ether oxygens (including phenoxy) is 2. The third kappa shape index (κ3) is 42.9. The van der Waals surface area contributed by atoms with Crippen LogP contribution in [0.2, 0.25) is 0 Å². The van der Waals surface area contributed by atoms with Gasteiger partial charge in [0.2, 0.25) is 0 Å². The predicted octanol–water partition coefficient (Wildman–Crippen LogP) is 13.0. The SMILES string of the molecule is CCCCCCCCCCCCCCCCCCCCCC(=O)OC[C@H](COP(=O)(O)OC[C@@H](O)CO)OC(=O)CCCCCCCCCCCCCCCCC. The van der Waals surface area contributed by atoms with Crippen molar-refractivity contribution in [3.8, 4) is 0 Å². The lowest BCUT2D eigenvalue weighted by molar-refractivity contribution is -0.161. The first-order chi connectivity index (χ1) is 27.7. The van der Waals surface area contributed by atoms with Gasteiger partial charge in [-0.2, -0.15) is 0 Å². The van der Waals surface area contributed by atoms with E-state index in [9.17, 15) is 24.2 Å². The van der Waals surface area contributed by atoms with Crippen molar-refractivity contribution < 1.29 is 47.8 Å². The van der Waals surface area contributed by atoms with E-state index in [-0.39, 0.29) is 19.4 Å². The van der Waals surface area contributed by atoms with Crippen LogP contribution in [-0.4, -0.2) is 65.7 Å². The van der Waals surface area contributed by atoms with Crippen molar-refractivity contribution in [1.82, 2.24) is 0 Å². The van der Waals surface area contributed by atoms with E-state index < -0.39 is 51.8 Å². The maximum atomic E-state index is 12.6. The van der Waals surface area contributed by atoms with E-state index >= 15 is 0 Å². The van der Waals surface area contributed by atoms with Gasteiger partial charge in [0.05, 0.1) is 19.8 Å². The third-order valence-corrected chi connectivity index (χ3v) is 11.7. The van der Waals surface area contributed by atoms with E-state index in [0.717, 1.165) is 32.1 Å². The van der Waals surface area contributed by atoms with Crippen molar-refractivity contribution in [3.63, 3.8) is 0 Å². The molecule has 0 aromatic rings. The Bertz CT molecular complexity index is 920. The lowest BCUT2D eigenvalue weighted by Crippen LogP contribution is -2.29. The molecule has 340 valence electrons. The van der Waals surface area contributed by atoms with Gasteiger partial charge < -0.3 is 24.6 Å². The van der Waals surface area contributed by atoms with Crippen molar-refractivity contribution in [3.05, 3.63) is 0 Å². The van der Waals surface area contributed by atoms with Crippen LogP contribution in [0, 0.1) is 0 Å². The van der Waals surface area contributed by atoms with Crippen LogP contribution in [0.3, 0.4) is 0 Å². The van der Waals surface area contributed by atoms with Crippen LogP contribution in [0.4, 0.5) is 0 Å². The molecule has 0 aliphatic heterocycles. The lowest BCUT2D eigenvalue weighted by Gasteiger charge is -2.20. The second-order valence-corrected chi connectivity index (χ2v) is 18.0. The summed E-state index contributed by atoms with van der Waals surface area (Å²) in [4.78, 5) is 35.1. The van der Waals surface area contributed by atoms with Crippen molar-refractivity contribution in [1.29, 1.82) is 0 Å². The molecule has 0 aliphatic carbocycles. The molecule has 0 spiro atoms. The second kappa shape index (κ2) is 43.1. The monoisotopic (exact) mass is 835 g/mol. The van der Waals surface area contributed by atoms with Crippen LogP contribution in [0.5, 0.6) is 0 Å². The third-order valence-electron chi connectivity index (χ3n) is 10.8. The highest BCUT2D eigenvalue weighted by Crippen LogP contribution is 2.43. The quantitative estimate of drug-likeness (QED) is 0.0307. The Hall–Kier alpha value is -1.03. The Kier molecular flexibility index (Phi) is 42.3. The number of hydrogen-bond acceptors (Lipinski definition) is 9. The number of aliphatic hydroxyl groups is 2. The van der Waals surface area contributed by atoms with Gasteiger partial charge in [-0.1, -0.05) is 219 Å². The summed E-state index contributed by atoms with van der Waals surface area (Å²) in [6.45, 7) is 2.44. The minimum Gasteiger partial charge on any atom is -0.462 e. The molecule has 1 unspecified atom stereocenters. The Labute approximate surface area is 350 Å². The van der Waals surface area contributed by atoms with Gasteiger partial charge in [-0.3, -0.25) is 18.6 Å². The first-order valence-corrected chi connectivity index (χ1v) is 25.5. The Morgan fingerprint density at radius 2 is 0.754 bits per heavy atom. The minimum absolute atomic E-state index is 0.192. The number of unbranched alkanes of at least 4 members (excludes halogenated alkanes) is 32. The van der Waals surface area contributed by atoms with Crippen molar-refractivity contribution in [2.75, 3.05) is 26.4 Å². The van der Waals surface area contributed by atoms with Gasteiger partial charge in [0.15, 0.2) is 6.10 Å². The van der Waals surface area contributed by atoms with Crippen LogP contribution in [0.15, 0.2) is 0 Å². The average molecular weight is 835 g/mol. The van der Waals surface area contributed by atoms with Crippen LogP contribution in [0.25, 0.3) is 0 Å². The maximum Gasteiger partial charge on any atom is 0.472 e.